The van der Waals surface area contributed by atoms with E-state index in [4.69, 9.17) is 8.83 Å². The van der Waals surface area contributed by atoms with Gasteiger partial charge < -0.3 is 8.83 Å². The summed E-state index contributed by atoms with van der Waals surface area (Å²) in [6.45, 7) is 0. The number of benzene rings is 8. The molecule has 2 aromatic heterocycles. The third-order valence-electron chi connectivity index (χ3n) is 9.46. The second-order valence-corrected chi connectivity index (χ2v) is 12.0. The molecule has 0 bridgehead atoms. The Morgan fingerprint density at radius 2 is 0.826 bits per heavy atom. The number of fused-ring (bicyclic) bond motifs is 9. The van der Waals surface area contributed by atoms with Gasteiger partial charge in [-0.25, -0.2) is 0 Å². The Hall–Kier alpha value is -6.12. The fraction of sp³-hybridized carbons (Fsp3) is 0. The average Bonchev–Trinajstić information content (AvgIpc) is 3.69. The fourth-order valence-electron chi connectivity index (χ4n) is 7.52. The number of furan rings is 2. The maximum atomic E-state index is 6.80. The van der Waals surface area contributed by atoms with Gasteiger partial charge in [0.15, 0.2) is 0 Å². The van der Waals surface area contributed by atoms with Crippen LogP contribution in [0.25, 0.3) is 98.8 Å². The molecular weight excluding hydrogens is 560 g/mol. The van der Waals surface area contributed by atoms with Crippen molar-refractivity contribution in [2.45, 2.75) is 0 Å². The summed E-state index contributed by atoms with van der Waals surface area (Å²) >= 11 is 0. The largest absolute Gasteiger partial charge is 0.456 e. The smallest absolute Gasteiger partial charge is 0.143 e. The predicted octanol–water partition coefficient (Wildman–Crippen LogP) is 12.8. The van der Waals surface area contributed by atoms with Gasteiger partial charge in [0.25, 0.3) is 0 Å². The van der Waals surface area contributed by atoms with Crippen molar-refractivity contribution >= 4 is 65.4 Å². The molecule has 0 atom stereocenters. The summed E-state index contributed by atoms with van der Waals surface area (Å²) in [6, 6.07) is 56.0. The van der Waals surface area contributed by atoms with Gasteiger partial charge in [-0.05, 0) is 68.1 Å². The molecule has 0 amide bonds. The third kappa shape index (κ3) is 3.59. The summed E-state index contributed by atoms with van der Waals surface area (Å²) in [4.78, 5) is 0. The van der Waals surface area contributed by atoms with Crippen LogP contribution in [-0.2, 0) is 0 Å². The van der Waals surface area contributed by atoms with E-state index in [1.807, 2.05) is 24.3 Å². The van der Waals surface area contributed by atoms with E-state index >= 15 is 0 Å². The van der Waals surface area contributed by atoms with E-state index in [9.17, 15) is 0 Å². The minimum absolute atomic E-state index is 0.865. The Morgan fingerprint density at radius 3 is 1.57 bits per heavy atom. The first-order valence-corrected chi connectivity index (χ1v) is 15.7. The zero-order valence-electron chi connectivity index (χ0n) is 24.8. The van der Waals surface area contributed by atoms with Crippen LogP contribution in [-0.4, -0.2) is 0 Å². The Balaban J connectivity index is 1.30. The highest BCUT2D eigenvalue weighted by molar-refractivity contribution is 6.29. The molecule has 0 aliphatic carbocycles. The zero-order valence-corrected chi connectivity index (χ0v) is 24.8. The lowest BCUT2D eigenvalue weighted by atomic mass is 9.85. The molecule has 0 saturated heterocycles. The standard InChI is InChI=1S/C44H26O2/c1-2-12-27(13-3-1)28-14-10-15-29(26-28)40-30-16-4-6-18-32(30)41(33-19-7-5-17-31(33)40)35-21-11-22-36-43-39(46-44(35)36)25-24-38-42(43)34-20-8-9-23-37(34)45-38/h1-26H. The minimum Gasteiger partial charge on any atom is -0.456 e. The summed E-state index contributed by atoms with van der Waals surface area (Å²) in [7, 11) is 0. The van der Waals surface area contributed by atoms with E-state index in [1.165, 1.54) is 49.4 Å². The van der Waals surface area contributed by atoms with E-state index in [0.29, 0.717) is 0 Å². The van der Waals surface area contributed by atoms with Gasteiger partial charge in [-0.1, -0.05) is 133 Å². The van der Waals surface area contributed by atoms with Crippen molar-refractivity contribution in [2.75, 3.05) is 0 Å². The molecule has 0 fully saturated rings. The monoisotopic (exact) mass is 586 g/mol. The molecule has 0 radical (unpaired) electrons. The van der Waals surface area contributed by atoms with Crippen LogP contribution >= 0.6 is 0 Å². The number of hydrogen-bond acceptors (Lipinski definition) is 2. The van der Waals surface area contributed by atoms with Crippen LogP contribution < -0.4 is 0 Å². The molecule has 0 spiro atoms. The molecule has 2 nitrogen and oxygen atoms in total. The summed E-state index contributed by atoms with van der Waals surface area (Å²) in [5, 5.41) is 9.25. The fourth-order valence-corrected chi connectivity index (χ4v) is 7.52. The Bertz CT molecular complexity index is 2740. The molecule has 0 aliphatic heterocycles. The second kappa shape index (κ2) is 9.69. The van der Waals surface area contributed by atoms with Crippen molar-refractivity contribution in [3.05, 3.63) is 158 Å². The molecule has 0 N–H and O–H groups in total. The molecule has 214 valence electrons. The van der Waals surface area contributed by atoms with Gasteiger partial charge in [0, 0.05) is 32.7 Å². The maximum Gasteiger partial charge on any atom is 0.143 e. The predicted molar refractivity (Wildman–Crippen MR) is 192 cm³/mol. The van der Waals surface area contributed by atoms with Crippen LogP contribution in [0.5, 0.6) is 0 Å². The van der Waals surface area contributed by atoms with Crippen molar-refractivity contribution in [3.8, 4) is 33.4 Å². The van der Waals surface area contributed by atoms with Crippen molar-refractivity contribution in [1.82, 2.24) is 0 Å². The van der Waals surface area contributed by atoms with Gasteiger partial charge in [0.05, 0.1) is 0 Å². The molecule has 0 aliphatic rings. The topological polar surface area (TPSA) is 26.3 Å². The first-order chi connectivity index (χ1) is 22.8. The van der Waals surface area contributed by atoms with E-state index in [1.54, 1.807) is 0 Å². The SMILES string of the molecule is c1ccc(-c2cccc(-c3c4ccccc4c(-c4cccc5c4oc4ccc6oc7ccccc7c6c45)c4ccccc34)c2)cc1. The molecular formula is C44H26O2. The highest BCUT2D eigenvalue weighted by Crippen LogP contribution is 2.48. The van der Waals surface area contributed by atoms with Crippen molar-refractivity contribution in [3.63, 3.8) is 0 Å². The van der Waals surface area contributed by atoms with Crippen LogP contribution in [0, 0.1) is 0 Å². The van der Waals surface area contributed by atoms with E-state index in [2.05, 4.69) is 133 Å². The van der Waals surface area contributed by atoms with Crippen LogP contribution in [0.3, 0.4) is 0 Å². The van der Waals surface area contributed by atoms with Gasteiger partial charge in [0.2, 0.25) is 0 Å². The van der Waals surface area contributed by atoms with E-state index < -0.39 is 0 Å². The Kier molecular flexibility index (Phi) is 5.31. The summed E-state index contributed by atoms with van der Waals surface area (Å²) in [5.41, 5.74) is 10.7. The zero-order chi connectivity index (χ0) is 30.2. The summed E-state index contributed by atoms with van der Waals surface area (Å²) in [5.74, 6) is 0. The molecule has 10 aromatic rings. The van der Waals surface area contributed by atoms with Crippen LogP contribution in [0.4, 0.5) is 0 Å². The summed E-state index contributed by atoms with van der Waals surface area (Å²) in [6.07, 6.45) is 0. The van der Waals surface area contributed by atoms with Gasteiger partial charge >= 0.3 is 0 Å². The quantitative estimate of drug-likeness (QED) is 0.193. The normalized spacial score (nSPS) is 11.9. The van der Waals surface area contributed by atoms with Gasteiger partial charge in [0.1, 0.15) is 22.3 Å². The second-order valence-electron chi connectivity index (χ2n) is 12.0. The first kappa shape index (κ1) is 25.2. The Morgan fingerprint density at radius 1 is 0.304 bits per heavy atom. The molecule has 46 heavy (non-hydrogen) atoms. The van der Waals surface area contributed by atoms with Crippen LogP contribution in [0.15, 0.2) is 167 Å². The Labute approximate surface area is 264 Å². The van der Waals surface area contributed by atoms with Gasteiger partial charge in [-0.2, -0.15) is 0 Å². The lowest BCUT2D eigenvalue weighted by molar-refractivity contribution is 0.663. The van der Waals surface area contributed by atoms with E-state index in [-0.39, 0.29) is 0 Å². The number of hydrogen-bond donors (Lipinski definition) is 0. The van der Waals surface area contributed by atoms with E-state index in [0.717, 1.165) is 49.4 Å². The first-order valence-electron chi connectivity index (χ1n) is 15.7. The molecule has 0 saturated carbocycles. The van der Waals surface area contributed by atoms with Crippen LogP contribution in [0.1, 0.15) is 0 Å². The highest BCUT2D eigenvalue weighted by atomic mass is 16.3. The minimum atomic E-state index is 0.865. The molecule has 8 aromatic carbocycles. The molecule has 0 unspecified atom stereocenters. The lowest BCUT2D eigenvalue weighted by Gasteiger charge is -2.18. The van der Waals surface area contributed by atoms with Crippen molar-refractivity contribution in [1.29, 1.82) is 0 Å². The molecule has 2 heteroatoms. The van der Waals surface area contributed by atoms with Crippen molar-refractivity contribution < 1.29 is 8.83 Å². The maximum absolute atomic E-state index is 6.80. The summed E-state index contributed by atoms with van der Waals surface area (Å²) < 4.78 is 13.1. The number of rotatable bonds is 3. The number of para-hydroxylation sites is 2. The lowest BCUT2D eigenvalue weighted by Crippen LogP contribution is -1.91. The average molecular weight is 587 g/mol. The van der Waals surface area contributed by atoms with Crippen LogP contribution in [0.2, 0.25) is 0 Å². The molecule has 10 rings (SSSR count). The molecule has 2 heterocycles. The van der Waals surface area contributed by atoms with Crippen molar-refractivity contribution in [2.24, 2.45) is 0 Å². The van der Waals surface area contributed by atoms with Gasteiger partial charge in [-0.3, -0.25) is 0 Å². The highest BCUT2D eigenvalue weighted by Gasteiger charge is 2.22. The third-order valence-corrected chi connectivity index (χ3v) is 9.46. The van der Waals surface area contributed by atoms with Gasteiger partial charge in [-0.15, -0.1) is 0 Å².